The highest BCUT2D eigenvalue weighted by molar-refractivity contribution is 6.31. The summed E-state index contributed by atoms with van der Waals surface area (Å²) in [5.74, 6) is -0.370. The van der Waals surface area contributed by atoms with Crippen LogP contribution in [-0.2, 0) is 6.42 Å². The topological polar surface area (TPSA) is 26.0 Å². The number of aryl methyl sites for hydroxylation is 1. The van der Waals surface area contributed by atoms with E-state index in [1.54, 1.807) is 6.07 Å². The molecule has 0 spiro atoms. The Bertz CT molecular complexity index is 286. The first-order chi connectivity index (χ1) is 5.66. The average molecular weight is 188 g/mol. The van der Waals surface area contributed by atoms with Crippen molar-refractivity contribution in [2.75, 3.05) is 6.54 Å². The number of benzene rings is 1. The fourth-order valence-electron chi connectivity index (χ4n) is 1.14. The van der Waals surface area contributed by atoms with Crippen LogP contribution in [0.4, 0.5) is 4.39 Å². The molecule has 12 heavy (non-hydrogen) atoms. The molecule has 0 heterocycles. The van der Waals surface area contributed by atoms with Crippen molar-refractivity contribution in [3.05, 3.63) is 34.1 Å². The van der Waals surface area contributed by atoms with Gasteiger partial charge in [0.1, 0.15) is 5.82 Å². The Kier molecular flexibility index (Phi) is 3.06. The van der Waals surface area contributed by atoms with E-state index < -0.39 is 0 Å². The number of halogens is 2. The molecule has 0 saturated carbocycles. The number of hydrogen-bond donors (Lipinski definition) is 1. The first-order valence-corrected chi connectivity index (χ1v) is 4.18. The maximum Gasteiger partial charge on any atom is 0.142 e. The van der Waals surface area contributed by atoms with E-state index >= 15 is 0 Å². The fourth-order valence-corrected chi connectivity index (χ4v) is 1.45. The van der Waals surface area contributed by atoms with Crippen molar-refractivity contribution in [1.29, 1.82) is 0 Å². The minimum atomic E-state index is -0.370. The zero-order valence-electron chi connectivity index (χ0n) is 6.90. The predicted octanol–water partition coefficient (Wildman–Crippen LogP) is 2.29. The van der Waals surface area contributed by atoms with E-state index in [4.69, 9.17) is 17.3 Å². The van der Waals surface area contributed by atoms with Gasteiger partial charge < -0.3 is 5.73 Å². The molecule has 0 bridgehead atoms. The van der Waals surface area contributed by atoms with Gasteiger partial charge in [-0.15, -0.1) is 0 Å². The number of rotatable bonds is 2. The SMILES string of the molecule is Cc1ccc(F)c(Cl)c1CCN. The zero-order valence-corrected chi connectivity index (χ0v) is 7.66. The molecule has 0 unspecified atom stereocenters. The second-order valence-corrected chi connectivity index (χ2v) is 3.07. The van der Waals surface area contributed by atoms with Crippen molar-refractivity contribution in [1.82, 2.24) is 0 Å². The lowest BCUT2D eigenvalue weighted by atomic mass is 10.1. The predicted molar refractivity (Wildman–Crippen MR) is 48.9 cm³/mol. The second-order valence-electron chi connectivity index (χ2n) is 2.70. The van der Waals surface area contributed by atoms with Gasteiger partial charge in [-0.05, 0) is 37.1 Å². The molecular weight excluding hydrogens is 177 g/mol. The van der Waals surface area contributed by atoms with Crippen LogP contribution in [0.25, 0.3) is 0 Å². The molecule has 66 valence electrons. The molecule has 0 fully saturated rings. The smallest absolute Gasteiger partial charge is 0.142 e. The second kappa shape index (κ2) is 3.87. The van der Waals surface area contributed by atoms with E-state index in [9.17, 15) is 4.39 Å². The summed E-state index contributed by atoms with van der Waals surface area (Å²) in [6.07, 6.45) is 0.627. The summed E-state index contributed by atoms with van der Waals surface area (Å²) in [5.41, 5.74) is 7.18. The van der Waals surface area contributed by atoms with Crippen LogP contribution in [0.15, 0.2) is 12.1 Å². The highest BCUT2D eigenvalue weighted by Crippen LogP contribution is 2.23. The molecule has 1 aromatic rings. The van der Waals surface area contributed by atoms with Gasteiger partial charge in [0.15, 0.2) is 0 Å². The Morgan fingerprint density at radius 3 is 2.75 bits per heavy atom. The first-order valence-electron chi connectivity index (χ1n) is 3.80. The fraction of sp³-hybridized carbons (Fsp3) is 0.333. The van der Waals surface area contributed by atoms with E-state index in [1.165, 1.54) is 6.07 Å². The van der Waals surface area contributed by atoms with Crippen LogP contribution >= 0.6 is 11.6 Å². The molecule has 2 N–H and O–H groups in total. The average Bonchev–Trinajstić information content (AvgIpc) is 2.06. The molecule has 0 aliphatic rings. The number of hydrogen-bond acceptors (Lipinski definition) is 1. The molecule has 1 rings (SSSR count). The van der Waals surface area contributed by atoms with Gasteiger partial charge in [-0.1, -0.05) is 17.7 Å². The third-order valence-corrected chi connectivity index (χ3v) is 2.23. The monoisotopic (exact) mass is 187 g/mol. The highest BCUT2D eigenvalue weighted by atomic mass is 35.5. The molecule has 0 atom stereocenters. The van der Waals surface area contributed by atoms with Crippen LogP contribution < -0.4 is 5.73 Å². The summed E-state index contributed by atoms with van der Waals surface area (Å²) in [5, 5.41) is 0.209. The van der Waals surface area contributed by atoms with Gasteiger partial charge in [-0.3, -0.25) is 0 Å². The summed E-state index contributed by atoms with van der Waals surface area (Å²) in [7, 11) is 0. The normalized spacial score (nSPS) is 10.3. The largest absolute Gasteiger partial charge is 0.330 e. The van der Waals surface area contributed by atoms with Gasteiger partial charge in [0.25, 0.3) is 0 Å². The molecule has 1 aromatic carbocycles. The summed E-state index contributed by atoms with van der Waals surface area (Å²) in [4.78, 5) is 0. The maximum atomic E-state index is 12.9. The first kappa shape index (κ1) is 9.49. The lowest BCUT2D eigenvalue weighted by molar-refractivity contribution is 0.625. The maximum absolute atomic E-state index is 12.9. The quantitative estimate of drug-likeness (QED) is 0.756. The summed E-state index contributed by atoms with van der Waals surface area (Å²) >= 11 is 5.75. The summed E-state index contributed by atoms with van der Waals surface area (Å²) in [6.45, 7) is 2.39. The Morgan fingerprint density at radius 1 is 1.50 bits per heavy atom. The summed E-state index contributed by atoms with van der Waals surface area (Å²) < 4.78 is 12.9. The van der Waals surface area contributed by atoms with Crippen molar-refractivity contribution in [2.24, 2.45) is 5.73 Å². The Labute approximate surface area is 76.3 Å². The molecular formula is C9H11ClFN. The van der Waals surface area contributed by atoms with E-state index in [-0.39, 0.29) is 10.8 Å². The van der Waals surface area contributed by atoms with Gasteiger partial charge in [0.05, 0.1) is 5.02 Å². The third kappa shape index (κ3) is 1.76. The van der Waals surface area contributed by atoms with Gasteiger partial charge in [0, 0.05) is 0 Å². The molecule has 0 aliphatic heterocycles. The highest BCUT2D eigenvalue weighted by Gasteiger charge is 2.07. The molecule has 0 amide bonds. The van der Waals surface area contributed by atoms with Crippen molar-refractivity contribution in [3.8, 4) is 0 Å². The van der Waals surface area contributed by atoms with Crippen LogP contribution in [0, 0.1) is 12.7 Å². The van der Waals surface area contributed by atoms with E-state index in [0.29, 0.717) is 13.0 Å². The van der Waals surface area contributed by atoms with Gasteiger partial charge in [0.2, 0.25) is 0 Å². The Morgan fingerprint density at radius 2 is 2.17 bits per heavy atom. The Hall–Kier alpha value is -0.600. The van der Waals surface area contributed by atoms with E-state index in [0.717, 1.165) is 11.1 Å². The van der Waals surface area contributed by atoms with Crippen molar-refractivity contribution in [2.45, 2.75) is 13.3 Å². The molecule has 0 saturated heterocycles. The zero-order chi connectivity index (χ0) is 9.14. The van der Waals surface area contributed by atoms with Crippen molar-refractivity contribution < 1.29 is 4.39 Å². The van der Waals surface area contributed by atoms with Crippen molar-refractivity contribution in [3.63, 3.8) is 0 Å². The van der Waals surface area contributed by atoms with Crippen LogP contribution in [0.1, 0.15) is 11.1 Å². The standard InChI is InChI=1S/C9H11ClFN/c1-6-2-3-8(11)9(10)7(6)4-5-12/h2-3H,4-5,12H2,1H3. The lowest BCUT2D eigenvalue weighted by Gasteiger charge is -2.06. The van der Waals surface area contributed by atoms with E-state index in [1.807, 2.05) is 6.92 Å². The van der Waals surface area contributed by atoms with Crippen molar-refractivity contribution >= 4 is 11.6 Å². The van der Waals surface area contributed by atoms with Crippen LogP contribution in [0.2, 0.25) is 5.02 Å². The third-order valence-electron chi connectivity index (χ3n) is 1.82. The van der Waals surface area contributed by atoms with E-state index in [2.05, 4.69) is 0 Å². The minimum absolute atomic E-state index is 0.209. The molecule has 0 radical (unpaired) electrons. The molecule has 1 nitrogen and oxygen atoms in total. The molecule has 0 aliphatic carbocycles. The minimum Gasteiger partial charge on any atom is -0.330 e. The van der Waals surface area contributed by atoms with Crippen LogP contribution in [0.3, 0.4) is 0 Å². The number of nitrogens with two attached hydrogens (primary N) is 1. The molecule has 0 aromatic heterocycles. The van der Waals surface area contributed by atoms with Gasteiger partial charge >= 0.3 is 0 Å². The Balaban J connectivity index is 3.14. The van der Waals surface area contributed by atoms with Gasteiger partial charge in [-0.2, -0.15) is 0 Å². The van der Waals surface area contributed by atoms with Crippen LogP contribution in [-0.4, -0.2) is 6.54 Å². The lowest BCUT2D eigenvalue weighted by Crippen LogP contribution is -2.05. The summed E-state index contributed by atoms with van der Waals surface area (Å²) in [6, 6.07) is 3.09. The van der Waals surface area contributed by atoms with Crippen LogP contribution in [0.5, 0.6) is 0 Å². The molecule has 3 heteroatoms. The van der Waals surface area contributed by atoms with Gasteiger partial charge in [-0.25, -0.2) is 4.39 Å².